The van der Waals surface area contributed by atoms with Gasteiger partial charge in [0, 0.05) is 25.2 Å². The Bertz CT molecular complexity index is 718. The Morgan fingerprint density at radius 1 is 1.25 bits per heavy atom. The smallest absolute Gasteiger partial charge is 0.275 e. The number of amides is 1. The maximum Gasteiger partial charge on any atom is 0.275 e. The van der Waals surface area contributed by atoms with Crippen molar-refractivity contribution in [3.05, 3.63) is 47.3 Å². The van der Waals surface area contributed by atoms with Crippen molar-refractivity contribution < 1.29 is 14.2 Å². The van der Waals surface area contributed by atoms with Crippen molar-refractivity contribution >= 4 is 5.91 Å². The third-order valence-corrected chi connectivity index (χ3v) is 4.79. The van der Waals surface area contributed by atoms with Gasteiger partial charge in [0.1, 0.15) is 5.69 Å². The van der Waals surface area contributed by atoms with E-state index >= 15 is 0 Å². The lowest BCUT2D eigenvalue weighted by Crippen LogP contribution is -2.43. The first-order chi connectivity index (χ1) is 11.7. The highest BCUT2D eigenvalue weighted by atomic mass is 16.6. The van der Waals surface area contributed by atoms with E-state index in [9.17, 15) is 4.79 Å². The van der Waals surface area contributed by atoms with Crippen LogP contribution in [0.2, 0.25) is 0 Å². The molecule has 3 atom stereocenters. The van der Waals surface area contributed by atoms with Crippen molar-refractivity contribution in [1.29, 1.82) is 0 Å². The summed E-state index contributed by atoms with van der Waals surface area (Å²) in [5.74, 6) is -0.223. The van der Waals surface area contributed by atoms with Gasteiger partial charge in [-0.05, 0) is 24.1 Å². The minimum atomic E-state index is -0.223. The normalized spacial score (nSPS) is 27.0. The predicted octanol–water partition coefficient (Wildman–Crippen LogP) is 1.32. The lowest BCUT2D eigenvalue weighted by Gasteiger charge is -2.35. The van der Waals surface area contributed by atoms with Gasteiger partial charge in [-0.15, -0.1) is 0 Å². The molecule has 7 heteroatoms. The van der Waals surface area contributed by atoms with Crippen LogP contribution in [0.1, 0.15) is 34.3 Å². The highest BCUT2D eigenvalue weighted by molar-refractivity contribution is 5.93. The second-order valence-electron chi connectivity index (χ2n) is 6.44. The van der Waals surface area contributed by atoms with Crippen LogP contribution in [0.5, 0.6) is 0 Å². The molecule has 0 unspecified atom stereocenters. The molecule has 4 rings (SSSR count). The van der Waals surface area contributed by atoms with E-state index < -0.39 is 0 Å². The number of nitrogens with zero attached hydrogens (tertiary/aromatic N) is 3. The maximum atomic E-state index is 12.3. The van der Waals surface area contributed by atoms with Crippen LogP contribution in [0, 0.1) is 6.92 Å². The maximum absolute atomic E-state index is 12.3. The van der Waals surface area contributed by atoms with Crippen LogP contribution in [0.3, 0.4) is 0 Å². The number of fused-ring (bicyclic) bond motifs is 1. The van der Waals surface area contributed by atoms with Gasteiger partial charge in [-0.25, -0.2) is 4.63 Å². The van der Waals surface area contributed by atoms with Crippen molar-refractivity contribution in [1.82, 2.24) is 20.5 Å². The summed E-state index contributed by atoms with van der Waals surface area (Å²) in [5.41, 5.74) is 1.97. The zero-order valence-corrected chi connectivity index (χ0v) is 13.5. The highest BCUT2D eigenvalue weighted by Gasteiger charge is 2.38. The highest BCUT2D eigenvalue weighted by Crippen LogP contribution is 2.30. The molecule has 0 bridgehead atoms. The molecule has 0 saturated carbocycles. The van der Waals surface area contributed by atoms with Gasteiger partial charge in [0.2, 0.25) is 0 Å². The van der Waals surface area contributed by atoms with Crippen LogP contribution in [-0.4, -0.2) is 52.9 Å². The van der Waals surface area contributed by atoms with Crippen molar-refractivity contribution in [3.8, 4) is 0 Å². The third-order valence-electron chi connectivity index (χ3n) is 4.79. The largest absolute Gasteiger partial charge is 0.371 e. The Morgan fingerprint density at radius 2 is 2.08 bits per heavy atom. The molecule has 2 saturated heterocycles. The van der Waals surface area contributed by atoms with E-state index in [1.54, 1.807) is 6.92 Å². The molecular formula is C17H20N4O3. The molecule has 1 aromatic carbocycles. The number of nitrogens with one attached hydrogen (secondary N) is 1. The second kappa shape index (κ2) is 6.33. The molecule has 0 radical (unpaired) electrons. The van der Waals surface area contributed by atoms with Crippen LogP contribution in [0.25, 0.3) is 0 Å². The van der Waals surface area contributed by atoms with Gasteiger partial charge >= 0.3 is 0 Å². The Labute approximate surface area is 139 Å². The molecule has 0 aliphatic carbocycles. The SMILES string of the molecule is Cc1nonc1C(=O)N[C@H]1C[C@H]2CO[C@@H](c3ccccc3)CN2C1. The van der Waals surface area contributed by atoms with Crippen molar-refractivity contribution in [2.45, 2.75) is 31.5 Å². The first-order valence-electron chi connectivity index (χ1n) is 8.21. The number of carbonyl (C=O) groups excluding carboxylic acids is 1. The quantitative estimate of drug-likeness (QED) is 0.915. The van der Waals surface area contributed by atoms with Crippen molar-refractivity contribution in [3.63, 3.8) is 0 Å². The summed E-state index contributed by atoms with van der Waals surface area (Å²) in [6, 6.07) is 10.7. The van der Waals surface area contributed by atoms with Gasteiger partial charge in [-0.2, -0.15) is 0 Å². The number of hydrogen-bond acceptors (Lipinski definition) is 6. The monoisotopic (exact) mass is 328 g/mol. The molecule has 2 aromatic rings. The first kappa shape index (κ1) is 15.3. The van der Waals surface area contributed by atoms with E-state index in [4.69, 9.17) is 4.74 Å². The lowest BCUT2D eigenvalue weighted by molar-refractivity contribution is -0.0502. The average Bonchev–Trinajstić information content (AvgIpc) is 3.20. The molecule has 0 spiro atoms. The van der Waals surface area contributed by atoms with Crippen LogP contribution < -0.4 is 5.32 Å². The fourth-order valence-corrected chi connectivity index (χ4v) is 3.54. The van der Waals surface area contributed by atoms with E-state index in [0.717, 1.165) is 19.5 Å². The molecular weight excluding hydrogens is 308 g/mol. The van der Waals surface area contributed by atoms with Gasteiger partial charge in [0.05, 0.1) is 12.7 Å². The number of benzene rings is 1. The van der Waals surface area contributed by atoms with Crippen LogP contribution in [0.15, 0.2) is 35.0 Å². The fraction of sp³-hybridized carbons (Fsp3) is 0.471. The summed E-state index contributed by atoms with van der Waals surface area (Å²) in [6.07, 6.45) is 0.983. The Morgan fingerprint density at radius 3 is 2.83 bits per heavy atom. The molecule has 7 nitrogen and oxygen atoms in total. The average molecular weight is 328 g/mol. The number of carbonyl (C=O) groups is 1. The van der Waals surface area contributed by atoms with Crippen LogP contribution in [0.4, 0.5) is 0 Å². The van der Waals surface area contributed by atoms with Gasteiger partial charge in [-0.3, -0.25) is 9.69 Å². The summed E-state index contributed by atoms with van der Waals surface area (Å²) in [4.78, 5) is 14.7. The van der Waals surface area contributed by atoms with E-state index in [-0.39, 0.29) is 23.7 Å². The number of ether oxygens (including phenoxy) is 1. The first-order valence-corrected chi connectivity index (χ1v) is 8.21. The topological polar surface area (TPSA) is 80.5 Å². The van der Waals surface area contributed by atoms with Crippen LogP contribution >= 0.6 is 0 Å². The minimum Gasteiger partial charge on any atom is -0.371 e. The second-order valence-corrected chi connectivity index (χ2v) is 6.44. The molecule has 1 N–H and O–H groups in total. The molecule has 2 aliphatic heterocycles. The lowest BCUT2D eigenvalue weighted by atomic mass is 10.1. The molecule has 2 aliphatic rings. The number of hydrogen-bond donors (Lipinski definition) is 1. The molecule has 1 aromatic heterocycles. The van der Waals surface area contributed by atoms with Crippen LogP contribution in [-0.2, 0) is 4.74 Å². The molecule has 1 amide bonds. The molecule has 2 fully saturated rings. The zero-order valence-electron chi connectivity index (χ0n) is 13.5. The Hall–Kier alpha value is -2.25. The number of aryl methyl sites for hydroxylation is 1. The fourth-order valence-electron chi connectivity index (χ4n) is 3.54. The molecule has 24 heavy (non-hydrogen) atoms. The van der Waals surface area contributed by atoms with Gasteiger partial charge in [0.15, 0.2) is 5.69 Å². The molecule has 3 heterocycles. The number of rotatable bonds is 3. The standard InChI is InChI=1S/C17H20N4O3/c1-11-16(20-24-19-11)17(22)18-13-7-14-10-23-15(9-21(14)8-13)12-5-3-2-4-6-12/h2-6,13-15H,7-10H2,1H3,(H,18,22)/t13-,14-,15+/m0/s1. The van der Waals surface area contributed by atoms with Gasteiger partial charge in [-0.1, -0.05) is 35.5 Å². The summed E-state index contributed by atoms with van der Waals surface area (Å²) in [7, 11) is 0. The summed E-state index contributed by atoms with van der Waals surface area (Å²) in [6.45, 7) is 4.08. The van der Waals surface area contributed by atoms with Gasteiger partial charge in [0.25, 0.3) is 5.91 Å². The Kier molecular flexibility index (Phi) is 4.03. The summed E-state index contributed by atoms with van der Waals surface area (Å²) in [5, 5.41) is 10.3. The Balaban J connectivity index is 1.38. The van der Waals surface area contributed by atoms with E-state index in [1.165, 1.54) is 5.56 Å². The van der Waals surface area contributed by atoms with E-state index in [1.807, 2.05) is 18.2 Å². The number of aromatic nitrogens is 2. The van der Waals surface area contributed by atoms with E-state index in [0.29, 0.717) is 18.3 Å². The predicted molar refractivity (Wildman–Crippen MR) is 85.4 cm³/mol. The van der Waals surface area contributed by atoms with Crippen molar-refractivity contribution in [2.75, 3.05) is 19.7 Å². The molecule has 126 valence electrons. The summed E-state index contributed by atoms with van der Waals surface area (Å²) < 4.78 is 10.6. The third kappa shape index (κ3) is 2.92. The minimum absolute atomic E-state index is 0.0942. The zero-order chi connectivity index (χ0) is 16.5. The summed E-state index contributed by atoms with van der Waals surface area (Å²) >= 11 is 0. The van der Waals surface area contributed by atoms with E-state index in [2.05, 4.69) is 37.3 Å². The number of morpholine rings is 1. The van der Waals surface area contributed by atoms with Crippen molar-refractivity contribution in [2.24, 2.45) is 0 Å². The van der Waals surface area contributed by atoms with Gasteiger partial charge < -0.3 is 10.1 Å².